The molecule has 2 N–H and O–H groups in total. The third-order valence-corrected chi connectivity index (χ3v) is 4.48. The zero-order chi connectivity index (χ0) is 15.6. The van der Waals surface area contributed by atoms with E-state index in [2.05, 4.69) is 11.4 Å². The van der Waals surface area contributed by atoms with Crippen LogP contribution in [0, 0.1) is 0 Å². The Morgan fingerprint density at radius 3 is 2.68 bits per heavy atom. The van der Waals surface area contributed by atoms with Crippen LogP contribution in [0.25, 0.3) is 6.08 Å². The molecule has 1 aromatic heterocycles. The highest BCUT2D eigenvalue weighted by Crippen LogP contribution is 2.26. The summed E-state index contributed by atoms with van der Waals surface area (Å²) in [6, 6.07) is 13.9. The summed E-state index contributed by atoms with van der Waals surface area (Å²) >= 11 is 1.70. The van der Waals surface area contributed by atoms with E-state index < -0.39 is 0 Å². The first-order valence-electron chi connectivity index (χ1n) is 7.45. The van der Waals surface area contributed by atoms with Gasteiger partial charge >= 0.3 is 0 Å². The molecule has 2 rings (SSSR count). The maximum absolute atomic E-state index is 11.8. The third kappa shape index (κ3) is 5.47. The number of carbonyl (C=O) groups excluding carboxylic acids is 1. The number of hydrogen-bond acceptors (Lipinski definition) is 3. The highest BCUT2D eigenvalue weighted by Gasteiger charge is 2.12. The number of aliphatic hydroxyl groups is 1. The van der Waals surface area contributed by atoms with Crippen LogP contribution in [-0.4, -0.2) is 24.2 Å². The van der Waals surface area contributed by atoms with Crippen molar-refractivity contribution < 1.29 is 9.90 Å². The van der Waals surface area contributed by atoms with E-state index in [9.17, 15) is 4.79 Å². The van der Waals surface area contributed by atoms with Gasteiger partial charge in [-0.3, -0.25) is 4.79 Å². The lowest BCUT2D eigenvalue weighted by molar-refractivity contribution is -0.116. The summed E-state index contributed by atoms with van der Waals surface area (Å²) in [5, 5.41) is 14.1. The number of amides is 1. The number of hydrogen-bond donors (Lipinski definition) is 2. The lowest BCUT2D eigenvalue weighted by Crippen LogP contribution is -2.23. The molecule has 22 heavy (non-hydrogen) atoms. The van der Waals surface area contributed by atoms with E-state index >= 15 is 0 Å². The predicted molar refractivity (Wildman–Crippen MR) is 91.9 cm³/mol. The second-order valence-corrected chi connectivity index (χ2v) is 6.03. The Labute approximate surface area is 135 Å². The summed E-state index contributed by atoms with van der Waals surface area (Å²) in [4.78, 5) is 13.1. The topological polar surface area (TPSA) is 49.3 Å². The lowest BCUT2D eigenvalue weighted by atomic mass is 10.00. The van der Waals surface area contributed by atoms with Gasteiger partial charge in [-0.2, -0.15) is 0 Å². The third-order valence-electron chi connectivity index (χ3n) is 3.44. The zero-order valence-electron chi connectivity index (χ0n) is 12.4. The fourth-order valence-corrected chi connectivity index (χ4v) is 3.17. The standard InChI is InChI=1S/C18H21NO2S/c20-13-11-16(17-7-4-14-22-17)10-12-19-18(21)9-8-15-5-2-1-3-6-15/h1-9,14,16,20H,10-13H2,(H,19,21)/b9-8+. The summed E-state index contributed by atoms with van der Waals surface area (Å²) in [6.07, 6.45) is 4.93. The van der Waals surface area contributed by atoms with Crippen LogP contribution < -0.4 is 5.32 Å². The molecule has 116 valence electrons. The van der Waals surface area contributed by atoms with E-state index in [0.717, 1.165) is 18.4 Å². The Kier molecular flexibility index (Phi) is 6.87. The molecular weight excluding hydrogens is 294 g/mol. The summed E-state index contributed by atoms with van der Waals surface area (Å²) < 4.78 is 0. The monoisotopic (exact) mass is 315 g/mol. The quantitative estimate of drug-likeness (QED) is 0.733. The van der Waals surface area contributed by atoms with Crippen molar-refractivity contribution in [1.82, 2.24) is 5.32 Å². The van der Waals surface area contributed by atoms with Crippen molar-refractivity contribution in [3.05, 3.63) is 64.4 Å². The molecule has 1 aromatic carbocycles. The Morgan fingerprint density at radius 2 is 2.00 bits per heavy atom. The van der Waals surface area contributed by atoms with Crippen molar-refractivity contribution in [1.29, 1.82) is 0 Å². The van der Waals surface area contributed by atoms with Gasteiger partial charge in [0.05, 0.1) is 0 Å². The highest BCUT2D eigenvalue weighted by molar-refractivity contribution is 7.10. The van der Waals surface area contributed by atoms with Crippen molar-refractivity contribution in [3.8, 4) is 0 Å². The second kappa shape index (κ2) is 9.18. The predicted octanol–water partition coefficient (Wildman–Crippen LogP) is 3.43. The number of rotatable bonds is 8. The van der Waals surface area contributed by atoms with E-state index in [0.29, 0.717) is 12.5 Å². The number of aliphatic hydroxyl groups excluding tert-OH is 1. The Hall–Kier alpha value is -1.91. The fourth-order valence-electron chi connectivity index (χ4n) is 2.27. The molecule has 0 radical (unpaired) electrons. The minimum absolute atomic E-state index is 0.0854. The smallest absolute Gasteiger partial charge is 0.243 e. The molecule has 1 amide bonds. The number of nitrogens with one attached hydrogen (secondary N) is 1. The van der Waals surface area contributed by atoms with Crippen molar-refractivity contribution >= 4 is 23.3 Å². The number of carbonyl (C=O) groups is 1. The Morgan fingerprint density at radius 1 is 1.18 bits per heavy atom. The van der Waals surface area contributed by atoms with Crippen LogP contribution in [0.2, 0.25) is 0 Å². The largest absolute Gasteiger partial charge is 0.396 e. The summed E-state index contributed by atoms with van der Waals surface area (Å²) in [5.74, 6) is 0.223. The molecule has 0 bridgehead atoms. The van der Waals surface area contributed by atoms with Gasteiger partial charge in [-0.15, -0.1) is 11.3 Å². The van der Waals surface area contributed by atoms with Crippen LogP contribution in [0.15, 0.2) is 53.9 Å². The molecule has 4 heteroatoms. The molecule has 0 aliphatic carbocycles. The van der Waals surface area contributed by atoms with Crippen LogP contribution in [0.1, 0.15) is 29.2 Å². The first-order chi connectivity index (χ1) is 10.8. The number of benzene rings is 1. The van der Waals surface area contributed by atoms with Gasteiger partial charge in [0.15, 0.2) is 0 Å². The van der Waals surface area contributed by atoms with Crippen molar-refractivity contribution in [3.63, 3.8) is 0 Å². The van der Waals surface area contributed by atoms with Gasteiger partial charge in [-0.05, 0) is 41.8 Å². The molecule has 1 atom stereocenters. The van der Waals surface area contributed by atoms with E-state index in [1.165, 1.54) is 4.88 Å². The van der Waals surface area contributed by atoms with E-state index in [1.807, 2.05) is 41.8 Å². The van der Waals surface area contributed by atoms with Crippen LogP contribution in [-0.2, 0) is 4.79 Å². The molecule has 0 saturated carbocycles. The van der Waals surface area contributed by atoms with Gasteiger partial charge in [0, 0.05) is 24.1 Å². The van der Waals surface area contributed by atoms with Crippen LogP contribution in [0.3, 0.4) is 0 Å². The average molecular weight is 315 g/mol. The van der Waals surface area contributed by atoms with Crippen LogP contribution >= 0.6 is 11.3 Å². The Balaban J connectivity index is 1.77. The van der Waals surface area contributed by atoms with Gasteiger partial charge in [-0.25, -0.2) is 0 Å². The second-order valence-electron chi connectivity index (χ2n) is 5.05. The molecule has 2 aromatic rings. The van der Waals surface area contributed by atoms with Gasteiger partial charge in [0.25, 0.3) is 0 Å². The van der Waals surface area contributed by atoms with Gasteiger partial charge in [-0.1, -0.05) is 36.4 Å². The van der Waals surface area contributed by atoms with Crippen LogP contribution in [0.4, 0.5) is 0 Å². The Bertz CT molecular complexity index is 578. The van der Waals surface area contributed by atoms with E-state index in [4.69, 9.17) is 5.11 Å². The average Bonchev–Trinajstić information content (AvgIpc) is 3.07. The number of thiophene rings is 1. The van der Waals surface area contributed by atoms with Crippen LogP contribution in [0.5, 0.6) is 0 Å². The molecule has 3 nitrogen and oxygen atoms in total. The first-order valence-corrected chi connectivity index (χ1v) is 8.33. The molecule has 0 spiro atoms. The molecule has 0 aliphatic heterocycles. The molecular formula is C18H21NO2S. The first kappa shape index (κ1) is 16.5. The summed E-state index contributed by atoms with van der Waals surface area (Å²) in [5.41, 5.74) is 1.01. The summed E-state index contributed by atoms with van der Waals surface area (Å²) in [7, 11) is 0. The maximum Gasteiger partial charge on any atom is 0.243 e. The summed E-state index contributed by atoms with van der Waals surface area (Å²) in [6.45, 7) is 0.783. The van der Waals surface area contributed by atoms with Crippen molar-refractivity contribution in [2.75, 3.05) is 13.2 Å². The fraction of sp³-hybridized carbons (Fsp3) is 0.278. The molecule has 0 fully saturated rings. The SMILES string of the molecule is O=C(/C=C/c1ccccc1)NCCC(CCO)c1cccs1. The molecule has 1 unspecified atom stereocenters. The minimum Gasteiger partial charge on any atom is -0.396 e. The molecule has 1 heterocycles. The van der Waals surface area contributed by atoms with E-state index in [-0.39, 0.29) is 12.5 Å². The lowest BCUT2D eigenvalue weighted by Gasteiger charge is -2.14. The highest BCUT2D eigenvalue weighted by atomic mass is 32.1. The van der Waals surface area contributed by atoms with Gasteiger partial charge < -0.3 is 10.4 Å². The van der Waals surface area contributed by atoms with Gasteiger partial charge in [0.2, 0.25) is 5.91 Å². The van der Waals surface area contributed by atoms with Crippen molar-refractivity contribution in [2.45, 2.75) is 18.8 Å². The minimum atomic E-state index is -0.0854. The van der Waals surface area contributed by atoms with Crippen molar-refractivity contribution in [2.24, 2.45) is 0 Å². The van der Waals surface area contributed by atoms with E-state index in [1.54, 1.807) is 23.5 Å². The molecule has 0 saturated heterocycles. The normalized spacial score (nSPS) is 12.4. The maximum atomic E-state index is 11.8. The zero-order valence-corrected chi connectivity index (χ0v) is 13.3. The van der Waals surface area contributed by atoms with Gasteiger partial charge in [0.1, 0.15) is 0 Å². The molecule has 0 aliphatic rings.